The lowest BCUT2D eigenvalue weighted by Gasteiger charge is -2.50. The zero-order valence-electron chi connectivity index (χ0n) is 12.6. The minimum atomic E-state index is 0.407. The van der Waals surface area contributed by atoms with Gasteiger partial charge >= 0.3 is 0 Å². The summed E-state index contributed by atoms with van der Waals surface area (Å²) < 4.78 is 17.6. The molecule has 3 aliphatic heterocycles. The van der Waals surface area contributed by atoms with Crippen LogP contribution in [0.2, 0.25) is 0 Å². The average Bonchev–Trinajstić information content (AvgIpc) is 3.11. The molecule has 5 atom stereocenters. The average molecular weight is 289 g/mol. The van der Waals surface area contributed by atoms with Crippen molar-refractivity contribution in [1.29, 1.82) is 0 Å². The van der Waals surface area contributed by atoms with Gasteiger partial charge in [0, 0.05) is 31.3 Å². The van der Waals surface area contributed by atoms with Crippen LogP contribution in [0.3, 0.4) is 0 Å². The third kappa shape index (κ3) is 1.75. The van der Waals surface area contributed by atoms with Crippen LogP contribution in [-0.4, -0.2) is 44.0 Å². The van der Waals surface area contributed by atoms with Gasteiger partial charge in [-0.2, -0.15) is 0 Å². The molecule has 0 aromatic rings. The monoisotopic (exact) mass is 289 g/mol. The number of rotatable bonds is 0. The van der Waals surface area contributed by atoms with Gasteiger partial charge in [-0.1, -0.05) is 11.6 Å². The minimum Gasteiger partial charge on any atom is -0.458 e. The molecule has 5 aliphatic rings. The Bertz CT molecular complexity index is 526. The Morgan fingerprint density at radius 3 is 2.95 bits per heavy atom. The number of hydrogen-bond donors (Lipinski definition) is 0. The van der Waals surface area contributed by atoms with Crippen LogP contribution in [-0.2, 0) is 14.2 Å². The second kappa shape index (κ2) is 4.50. The molecule has 4 heteroatoms. The van der Waals surface area contributed by atoms with Crippen molar-refractivity contribution in [2.24, 2.45) is 17.8 Å². The van der Waals surface area contributed by atoms with E-state index in [2.05, 4.69) is 18.0 Å². The molecule has 4 nitrogen and oxygen atoms in total. The molecule has 2 saturated heterocycles. The highest BCUT2D eigenvalue weighted by atomic mass is 16.7. The Morgan fingerprint density at radius 2 is 2.05 bits per heavy atom. The molecule has 0 aromatic heterocycles. The third-order valence-corrected chi connectivity index (χ3v) is 6.28. The van der Waals surface area contributed by atoms with Gasteiger partial charge in [-0.25, -0.2) is 0 Å². The summed E-state index contributed by atoms with van der Waals surface area (Å²) in [4.78, 5) is 2.55. The van der Waals surface area contributed by atoms with Gasteiger partial charge in [0.05, 0.1) is 12.7 Å². The fourth-order valence-corrected chi connectivity index (χ4v) is 5.28. The van der Waals surface area contributed by atoms with Crippen molar-refractivity contribution in [3.8, 4) is 0 Å². The molecule has 0 N–H and O–H groups in total. The Hall–Kier alpha value is -1.00. The highest BCUT2D eigenvalue weighted by Gasteiger charge is 2.51. The van der Waals surface area contributed by atoms with Gasteiger partial charge in [-0.3, -0.25) is 4.90 Å². The van der Waals surface area contributed by atoms with Crippen molar-refractivity contribution in [1.82, 2.24) is 4.90 Å². The maximum atomic E-state index is 6.27. The molecule has 21 heavy (non-hydrogen) atoms. The summed E-state index contributed by atoms with van der Waals surface area (Å²) in [7, 11) is 2.28. The van der Waals surface area contributed by atoms with E-state index in [1.807, 2.05) is 0 Å². The molecule has 3 heterocycles. The van der Waals surface area contributed by atoms with Crippen LogP contribution in [0.15, 0.2) is 23.2 Å². The van der Waals surface area contributed by atoms with Crippen LogP contribution in [0.5, 0.6) is 0 Å². The molecule has 0 amide bonds. The Kier molecular flexibility index (Phi) is 2.68. The Labute approximate surface area is 125 Å². The fraction of sp³-hybridized carbons (Fsp3) is 0.765. The summed E-state index contributed by atoms with van der Waals surface area (Å²) >= 11 is 0. The number of likely N-dealkylation sites (tertiary alicyclic amines) is 1. The summed E-state index contributed by atoms with van der Waals surface area (Å²) in [6, 6.07) is 0.598. The van der Waals surface area contributed by atoms with Gasteiger partial charge in [0.15, 0.2) is 0 Å². The molecule has 5 rings (SSSR count). The van der Waals surface area contributed by atoms with Crippen molar-refractivity contribution in [3.05, 3.63) is 23.2 Å². The molecular weight excluding hydrogens is 266 g/mol. The molecule has 0 radical (unpaired) electrons. The van der Waals surface area contributed by atoms with Gasteiger partial charge in [0.2, 0.25) is 6.79 Å². The first-order valence-electron chi connectivity index (χ1n) is 8.29. The molecule has 5 unspecified atom stereocenters. The normalized spacial score (nSPS) is 45.0. The maximum absolute atomic E-state index is 6.27. The van der Waals surface area contributed by atoms with Crippen molar-refractivity contribution < 1.29 is 14.2 Å². The number of hydrogen-bond acceptors (Lipinski definition) is 4. The van der Waals surface area contributed by atoms with Gasteiger partial charge in [0.1, 0.15) is 11.5 Å². The zero-order valence-corrected chi connectivity index (χ0v) is 12.6. The van der Waals surface area contributed by atoms with Crippen LogP contribution in [0.4, 0.5) is 0 Å². The van der Waals surface area contributed by atoms with E-state index in [0.29, 0.717) is 36.7 Å². The first-order valence-corrected chi connectivity index (χ1v) is 8.29. The third-order valence-electron chi connectivity index (χ3n) is 6.28. The summed E-state index contributed by atoms with van der Waals surface area (Å²) in [5.74, 6) is 4.17. The predicted molar refractivity (Wildman–Crippen MR) is 77.2 cm³/mol. The number of likely N-dealkylation sites (N-methyl/N-ethyl adjacent to an activating group) is 1. The standard InChI is InChI=1S/C17H23NO3/c1-18-5-4-10-2-3-13-16(17(10)18)12-7-15-14(20-9-21-15)6-11(12)8-19-13/h2,11-13,16-17H,3-9H2,1H3. The van der Waals surface area contributed by atoms with Crippen LogP contribution >= 0.6 is 0 Å². The fourth-order valence-electron chi connectivity index (χ4n) is 5.28. The van der Waals surface area contributed by atoms with Gasteiger partial charge in [0.25, 0.3) is 0 Å². The molecule has 2 fully saturated rings. The molecule has 2 aliphatic carbocycles. The van der Waals surface area contributed by atoms with E-state index in [0.717, 1.165) is 37.4 Å². The second-order valence-electron chi connectivity index (χ2n) is 7.22. The van der Waals surface area contributed by atoms with E-state index >= 15 is 0 Å². The van der Waals surface area contributed by atoms with E-state index in [9.17, 15) is 0 Å². The first kappa shape index (κ1) is 12.5. The topological polar surface area (TPSA) is 30.9 Å². The van der Waals surface area contributed by atoms with Crippen LogP contribution < -0.4 is 0 Å². The van der Waals surface area contributed by atoms with Gasteiger partial charge < -0.3 is 14.2 Å². The van der Waals surface area contributed by atoms with Crippen LogP contribution in [0, 0.1) is 17.8 Å². The van der Waals surface area contributed by atoms with Crippen LogP contribution in [0.1, 0.15) is 25.7 Å². The van der Waals surface area contributed by atoms with E-state index in [1.54, 1.807) is 5.57 Å². The van der Waals surface area contributed by atoms with E-state index in [1.165, 1.54) is 13.0 Å². The van der Waals surface area contributed by atoms with Crippen LogP contribution in [0.25, 0.3) is 0 Å². The van der Waals surface area contributed by atoms with Crippen molar-refractivity contribution in [2.45, 2.75) is 37.8 Å². The van der Waals surface area contributed by atoms with E-state index in [-0.39, 0.29) is 0 Å². The largest absolute Gasteiger partial charge is 0.458 e. The summed E-state index contributed by atoms with van der Waals surface area (Å²) in [6.45, 7) is 2.52. The van der Waals surface area contributed by atoms with E-state index in [4.69, 9.17) is 14.2 Å². The lowest BCUT2D eigenvalue weighted by Crippen LogP contribution is -2.53. The predicted octanol–water partition coefficient (Wildman–Crippen LogP) is 2.28. The molecule has 0 bridgehead atoms. The highest BCUT2D eigenvalue weighted by molar-refractivity contribution is 5.25. The lowest BCUT2D eigenvalue weighted by atomic mass is 9.64. The SMILES string of the molecule is CN1CCC2=CCC3OCC4CC5=C(CC4C3C21)OCO5. The number of fused-ring (bicyclic) bond motifs is 5. The highest BCUT2D eigenvalue weighted by Crippen LogP contribution is 2.51. The second-order valence-corrected chi connectivity index (χ2v) is 7.22. The lowest BCUT2D eigenvalue weighted by molar-refractivity contribution is -0.115. The number of allylic oxidation sites excluding steroid dienone is 2. The summed E-state index contributed by atoms with van der Waals surface area (Å²) in [5.41, 5.74) is 1.66. The minimum absolute atomic E-state index is 0.407. The molecule has 0 saturated carbocycles. The smallest absolute Gasteiger partial charge is 0.230 e. The summed E-state index contributed by atoms with van der Waals surface area (Å²) in [6.07, 6.45) is 7.29. The summed E-state index contributed by atoms with van der Waals surface area (Å²) in [5, 5.41) is 0. The molecular formula is C17H23NO3. The molecule has 114 valence electrons. The quantitative estimate of drug-likeness (QED) is 0.640. The van der Waals surface area contributed by atoms with Gasteiger partial charge in [-0.05, 0) is 31.7 Å². The molecule has 0 aromatic carbocycles. The maximum Gasteiger partial charge on any atom is 0.230 e. The zero-order chi connectivity index (χ0) is 14.0. The first-order chi connectivity index (χ1) is 10.3. The van der Waals surface area contributed by atoms with Gasteiger partial charge in [-0.15, -0.1) is 0 Å². The Morgan fingerprint density at radius 1 is 1.19 bits per heavy atom. The van der Waals surface area contributed by atoms with E-state index < -0.39 is 0 Å². The molecule has 0 spiro atoms. The van der Waals surface area contributed by atoms with Crippen molar-refractivity contribution in [2.75, 3.05) is 27.0 Å². The van der Waals surface area contributed by atoms with Crippen molar-refractivity contribution >= 4 is 0 Å². The number of ether oxygens (including phenoxy) is 3. The number of nitrogens with zero attached hydrogens (tertiary/aromatic N) is 1. The van der Waals surface area contributed by atoms with Crippen molar-refractivity contribution in [3.63, 3.8) is 0 Å². The Balaban J connectivity index is 1.50.